The minimum absolute atomic E-state index is 0.0911. The summed E-state index contributed by atoms with van der Waals surface area (Å²) in [6.07, 6.45) is 8.14. The van der Waals surface area contributed by atoms with Crippen LogP contribution in [0.5, 0.6) is 11.5 Å². The van der Waals surface area contributed by atoms with Gasteiger partial charge in [0.15, 0.2) is 11.5 Å². The van der Waals surface area contributed by atoms with E-state index in [4.69, 9.17) is 32.7 Å². The first-order chi connectivity index (χ1) is 18.3. The van der Waals surface area contributed by atoms with Crippen molar-refractivity contribution in [2.24, 2.45) is 0 Å². The number of nitrogens with one attached hydrogen (secondary N) is 1. The maximum atomic E-state index is 13.3. The van der Waals surface area contributed by atoms with Gasteiger partial charge in [0.2, 0.25) is 0 Å². The third-order valence-corrected chi connectivity index (χ3v) is 7.31. The second-order valence-electron chi connectivity index (χ2n) is 9.25. The Hall–Kier alpha value is -3.29. The van der Waals surface area contributed by atoms with Crippen LogP contribution in [-0.2, 0) is 22.6 Å². The maximum Gasteiger partial charge on any atom is 0.331 e. The average Bonchev–Trinajstić information content (AvgIpc) is 2.89. The molecule has 2 aromatic carbocycles. The third-order valence-electron chi connectivity index (χ3n) is 6.57. The van der Waals surface area contributed by atoms with E-state index in [1.54, 1.807) is 24.3 Å². The quantitative estimate of drug-likeness (QED) is 0.216. The molecule has 1 aliphatic heterocycles. The van der Waals surface area contributed by atoms with E-state index in [2.05, 4.69) is 11.9 Å². The minimum atomic E-state index is -0.713. The highest BCUT2D eigenvalue weighted by Gasteiger charge is 2.40. The molecule has 2 fully saturated rings. The molecule has 0 unspecified atom stereocenters. The van der Waals surface area contributed by atoms with Crippen LogP contribution in [0.3, 0.4) is 0 Å². The zero-order chi connectivity index (χ0) is 27.2. The number of hydrogen-bond donors (Lipinski definition) is 1. The molecule has 200 valence electrons. The van der Waals surface area contributed by atoms with Crippen LogP contribution in [-0.4, -0.2) is 35.4 Å². The van der Waals surface area contributed by atoms with E-state index in [0.29, 0.717) is 40.1 Å². The van der Waals surface area contributed by atoms with Gasteiger partial charge in [-0.05, 0) is 67.7 Å². The van der Waals surface area contributed by atoms with Gasteiger partial charge in [0.1, 0.15) is 12.2 Å². The van der Waals surface area contributed by atoms with Crippen molar-refractivity contribution in [1.82, 2.24) is 10.2 Å². The fraction of sp³-hybridized carbons (Fsp3) is 0.345. The Labute approximate surface area is 232 Å². The fourth-order valence-electron chi connectivity index (χ4n) is 4.79. The first kappa shape index (κ1) is 27.7. The van der Waals surface area contributed by atoms with E-state index in [1.807, 2.05) is 19.1 Å². The number of ether oxygens (including phenoxy) is 2. The summed E-state index contributed by atoms with van der Waals surface area (Å²) in [5, 5.41) is 3.22. The standard InChI is InChI=1S/C29H30Cl2N2O5/c1-3-8-20-13-19(14-22-27(34)32-29(36)33(28(22)35)21-9-6-5-7-10-21)16-25(37-4-2)26(20)38-17-18-11-12-23(30)24(31)15-18/h3,11-16,21H,1,4-10,17H2,2H3,(H,32,34,36). The fourth-order valence-corrected chi connectivity index (χ4v) is 5.11. The topological polar surface area (TPSA) is 84.9 Å². The number of hydrogen-bond acceptors (Lipinski definition) is 5. The molecule has 1 N–H and O–H groups in total. The largest absolute Gasteiger partial charge is 0.490 e. The molecule has 0 atom stereocenters. The van der Waals surface area contributed by atoms with Gasteiger partial charge in [-0.25, -0.2) is 4.79 Å². The smallest absolute Gasteiger partial charge is 0.331 e. The number of imide groups is 2. The summed E-state index contributed by atoms with van der Waals surface area (Å²) in [6.45, 7) is 6.30. The second kappa shape index (κ2) is 12.5. The lowest BCUT2D eigenvalue weighted by Crippen LogP contribution is -2.58. The molecule has 1 heterocycles. The lowest BCUT2D eigenvalue weighted by atomic mass is 9.93. The molecule has 0 spiro atoms. The van der Waals surface area contributed by atoms with Crippen LogP contribution in [0.25, 0.3) is 6.08 Å². The summed E-state index contributed by atoms with van der Waals surface area (Å²) in [5.41, 5.74) is 2.08. The van der Waals surface area contributed by atoms with Gasteiger partial charge in [0.05, 0.1) is 16.7 Å². The van der Waals surface area contributed by atoms with Crippen molar-refractivity contribution in [1.29, 1.82) is 0 Å². The Morgan fingerprint density at radius 2 is 1.82 bits per heavy atom. The molecule has 2 aliphatic rings. The summed E-state index contributed by atoms with van der Waals surface area (Å²) in [7, 11) is 0. The van der Waals surface area contributed by atoms with Gasteiger partial charge in [0, 0.05) is 11.6 Å². The number of amides is 4. The summed E-state index contributed by atoms with van der Waals surface area (Å²) in [6, 6.07) is 7.95. The highest BCUT2D eigenvalue weighted by molar-refractivity contribution is 6.42. The number of carbonyl (C=O) groups excluding carboxylic acids is 3. The summed E-state index contributed by atoms with van der Waals surface area (Å²) < 4.78 is 12.0. The lowest BCUT2D eigenvalue weighted by molar-refractivity contribution is -0.132. The van der Waals surface area contributed by atoms with Crippen molar-refractivity contribution < 1.29 is 23.9 Å². The first-order valence-electron chi connectivity index (χ1n) is 12.7. The maximum absolute atomic E-state index is 13.3. The molecule has 1 aliphatic carbocycles. The third kappa shape index (κ3) is 6.22. The second-order valence-corrected chi connectivity index (χ2v) is 10.1. The molecule has 0 radical (unpaired) electrons. The Morgan fingerprint density at radius 3 is 2.50 bits per heavy atom. The van der Waals surface area contributed by atoms with Crippen LogP contribution in [0.1, 0.15) is 55.7 Å². The molecule has 7 nitrogen and oxygen atoms in total. The van der Waals surface area contributed by atoms with Crippen LogP contribution in [0.2, 0.25) is 10.0 Å². The molecule has 9 heteroatoms. The Bertz CT molecular complexity index is 1280. The number of benzene rings is 2. The summed E-state index contributed by atoms with van der Waals surface area (Å²) >= 11 is 12.2. The predicted molar refractivity (Wildman–Crippen MR) is 148 cm³/mol. The molecule has 1 saturated heterocycles. The van der Waals surface area contributed by atoms with Gasteiger partial charge in [0.25, 0.3) is 11.8 Å². The zero-order valence-electron chi connectivity index (χ0n) is 21.2. The molecular formula is C29H30Cl2N2O5. The van der Waals surface area contributed by atoms with Gasteiger partial charge in [-0.3, -0.25) is 19.8 Å². The Morgan fingerprint density at radius 1 is 1.05 bits per heavy atom. The number of urea groups is 1. The SMILES string of the molecule is C=CCc1cc(C=C2C(=O)NC(=O)N(C3CCCCC3)C2=O)cc(OCC)c1OCc1ccc(Cl)c(Cl)c1. The zero-order valence-corrected chi connectivity index (χ0v) is 22.7. The lowest BCUT2D eigenvalue weighted by Gasteiger charge is -2.35. The highest BCUT2D eigenvalue weighted by atomic mass is 35.5. The van der Waals surface area contributed by atoms with Gasteiger partial charge < -0.3 is 9.47 Å². The molecule has 1 saturated carbocycles. The molecule has 4 amide bonds. The van der Waals surface area contributed by atoms with E-state index in [-0.39, 0.29) is 18.2 Å². The van der Waals surface area contributed by atoms with Crippen LogP contribution in [0, 0.1) is 0 Å². The van der Waals surface area contributed by atoms with Crippen LogP contribution >= 0.6 is 23.2 Å². The number of allylic oxidation sites excluding steroid dienone is 1. The van der Waals surface area contributed by atoms with Crippen molar-refractivity contribution in [2.45, 2.75) is 58.1 Å². The van der Waals surface area contributed by atoms with Crippen molar-refractivity contribution in [2.75, 3.05) is 6.61 Å². The van der Waals surface area contributed by atoms with E-state index in [1.165, 1.54) is 11.0 Å². The predicted octanol–water partition coefficient (Wildman–Crippen LogP) is 6.49. The molecule has 4 rings (SSSR count). The molecule has 38 heavy (non-hydrogen) atoms. The number of rotatable bonds is 9. The monoisotopic (exact) mass is 556 g/mol. The number of nitrogens with zero attached hydrogens (tertiary/aromatic N) is 1. The average molecular weight is 557 g/mol. The van der Waals surface area contributed by atoms with Gasteiger partial charge >= 0.3 is 6.03 Å². The number of carbonyl (C=O) groups is 3. The van der Waals surface area contributed by atoms with Crippen molar-refractivity contribution >= 4 is 47.1 Å². The molecular weight excluding hydrogens is 527 g/mol. The highest BCUT2D eigenvalue weighted by Crippen LogP contribution is 2.36. The van der Waals surface area contributed by atoms with Gasteiger partial charge in [-0.2, -0.15) is 0 Å². The van der Waals surface area contributed by atoms with E-state index >= 15 is 0 Å². The van der Waals surface area contributed by atoms with E-state index in [9.17, 15) is 14.4 Å². The van der Waals surface area contributed by atoms with Crippen molar-refractivity contribution in [3.8, 4) is 11.5 Å². The van der Waals surface area contributed by atoms with Gasteiger partial charge in [-0.1, -0.05) is 54.6 Å². The van der Waals surface area contributed by atoms with Crippen LogP contribution in [0.15, 0.2) is 48.6 Å². The summed E-state index contributed by atoms with van der Waals surface area (Å²) in [4.78, 5) is 39.8. The van der Waals surface area contributed by atoms with Crippen molar-refractivity contribution in [3.05, 3.63) is 75.3 Å². The molecule has 2 aromatic rings. The van der Waals surface area contributed by atoms with Crippen LogP contribution < -0.4 is 14.8 Å². The molecule has 0 bridgehead atoms. The number of barbiturate groups is 1. The minimum Gasteiger partial charge on any atom is -0.490 e. The normalized spacial score (nSPS) is 17.5. The van der Waals surface area contributed by atoms with Gasteiger partial charge in [-0.15, -0.1) is 6.58 Å². The summed E-state index contributed by atoms with van der Waals surface area (Å²) in [5.74, 6) is -0.301. The van der Waals surface area contributed by atoms with E-state index < -0.39 is 17.8 Å². The first-order valence-corrected chi connectivity index (χ1v) is 13.5. The Kier molecular flexibility index (Phi) is 9.13. The molecule has 0 aromatic heterocycles. The van der Waals surface area contributed by atoms with Crippen molar-refractivity contribution in [3.63, 3.8) is 0 Å². The van der Waals surface area contributed by atoms with E-state index in [0.717, 1.165) is 43.2 Å². The van der Waals surface area contributed by atoms with Crippen LogP contribution in [0.4, 0.5) is 4.79 Å². The Balaban J connectivity index is 1.67. The number of halogens is 2.